The maximum Gasteiger partial charge on any atom is 0.0352 e. The van der Waals surface area contributed by atoms with Crippen molar-refractivity contribution in [2.75, 3.05) is 0 Å². The molecule has 0 aliphatic carbocycles. The second kappa shape index (κ2) is 5.32. The minimum atomic E-state index is 0.700. The molecule has 0 saturated carbocycles. The fourth-order valence-corrected chi connectivity index (χ4v) is 2.72. The van der Waals surface area contributed by atoms with Crippen LogP contribution in [0.2, 0.25) is 0 Å². The zero-order chi connectivity index (χ0) is 10.7. The summed E-state index contributed by atoms with van der Waals surface area (Å²) >= 11 is 7.29. The maximum absolute atomic E-state index is 3.65. The van der Waals surface area contributed by atoms with Crippen LogP contribution in [-0.4, -0.2) is 0 Å². The molecule has 0 saturated heterocycles. The highest BCUT2D eigenvalue weighted by Gasteiger charge is 2.08. The van der Waals surface area contributed by atoms with Crippen molar-refractivity contribution in [1.29, 1.82) is 0 Å². The summed E-state index contributed by atoms with van der Waals surface area (Å²) in [6, 6.07) is 4.44. The minimum absolute atomic E-state index is 0.700. The number of rotatable bonds is 3. The van der Waals surface area contributed by atoms with Gasteiger partial charge in [-0.15, -0.1) is 0 Å². The monoisotopic (exact) mass is 318 g/mol. The van der Waals surface area contributed by atoms with Gasteiger partial charge in [0.15, 0.2) is 0 Å². The molecule has 78 valence electrons. The van der Waals surface area contributed by atoms with Crippen molar-refractivity contribution in [2.24, 2.45) is 5.92 Å². The SMILES string of the molecule is CCc1ccc(CC(C)C)c(Br)c1Br. The summed E-state index contributed by atoms with van der Waals surface area (Å²) in [5.41, 5.74) is 2.76. The van der Waals surface area contributed by atoms with Crippen LogP contribution in [0.4, 0.5) is 0 Å². The van der Waals surface area contributed by atoms with Crippen LogP contribution < -0.4 is 0 Å². The van der Waals surface area contributed by atoms with Gasteiger partial charge in [-0.25, -0.2) is 0 Å². The molecule has 0 aliphatic heterocycles. The molecule has 0 aliphatic rings. The molecule has 1 rings (SSSR count). The van der Waals surface area contributed by atoms with Gasteiger partial charge in [-0.05, 0) is 61.7 Å². The smallest absolute Gasteiger partial charge is 0.0352 e. The number of halogens is 2. The van der Waals surface area contributed by atoms with Crippen LogP contribution in [0.25, 0.3) is 0 Å². The summed E-state index contributed by atoms with van der Waals surface area (Å²) in [6.07, 6.45) is 2.20. The van der Waals surface area contributed by atoms with Gasteiger partial charge in [-0.3, -0.25) is 0 Å². The van der Waals surface area contributed by atoms with E-state index in [2.05, 4.69) is 64.8 Å². The molecule has 1 aromatic rings. The number of benzene rings is 1. The predicted molar refractivity (Wildman–Crippen MR) is 69.8 cm³/mol. The zero-order valence-electron chi connectivity index (χ0n) is 8.90. The van der Waals surface area contributed by atoms with Crippen molar-refractivity contribution in [3.63, 3.8) is 0 Å². The Labute approximate surface area is 103 Å². The fraction of sp³-hybridized carbons (Fsp3) is 0.500. The molecular formula is C12H16Br2. The van der Waals surface area contributed by atoms with E-state index in [9.17, 15) is 0 Å². The van der Waals surface area contributed by atoms with Crippen LogP contribution in [0, 0.1) is 5.92 Å². The van der Waals surface area contributed by atoms with E-state index in [1.54, 1.807) is 0 Å². The van der Waals surface area contributed by atoms with E-state index in [0.29, 0.717) is 5.92 Å². The lowest BCUT2D eigenvalue weighted by molar-refractivity contribution is 0.645. The highest BCUT2D eigenvalue weighted by atomic mass is 79.9. The number of aryl methyl sites for hydroxylation is 1. The summed E-state index contributed by atoms with van der Waals surface area (Å²) in [5, 5.41) is 0. The zero-order valence-corrected chi connectivity index (χ0v) is 12.1. The van der Waals surface area contributed by atoms with E-state index in [-0.39, 0.29) is 0 Å². The lowest BCUT2D eigenvalue weighted by Gasteiger charge is -2.11. The first-order valence-electron chi connectivity index (χ1n) is 5.02. The van der Waals surface area contributed by atoms with Gasteiger partial charge >= 0.3 is 0 Å². The summed E-state index contributed by atoms with van der Waals surface area (Å²) < 4.78 is 2.45. The Kier molecular flexibility index (Phi) is 4.65. The average molecular weight is 320 g/mol. The lowest BCUT2D eigenvalue weighted by atomic mass is 10.0. The second-order valence-electron chi connectivity index (χ2n) is 3.96. The van der Waals surface area contributed by atoms with Crippen LogP contribution in [0.1, 0.15) is 31.9 Å². The molecule has 1 aromatic carbocycles. The van der Waals surface area contributed by atoms with E-state index in [1.807, 2.05) is 0 Å². The van der Waals surface area contributed by atoms with Crippen LogP contribution in [-0.2, 0) is 12.8 Å². The normalized spacial score (nSPS) is 11.0. The van der Waals surface area contributed by atoms with Crippen LogP contribution >= 0.6 is 31.9 Å². The van der Waals surface area contributed by atoms with E-state index in [1.165, 1.54) is 20.1 Å². The first-order valence-corrected chi connectivity index (χ1v) is 6.60. The Morgan fingerprint density at radius 3 is 2.07 bits per heavy atom. The molecule has 2 heteroatoms. The van der Waals surface area contributed by atoms with Crippen LogP contribution in [0.15, 0.2) is 21.1 Å². The third kappa shape index (κ3) is 2.83. The molecule has 0 fully saturated rings. The van der Waals surface area contributed by atoms with Gasteiger partial charge < -0.3 is 0 Å². The van der Waals surface area contributed by atoms with E-state index in [0.717, 1.165) is 12.8 Å². The maximum atomic E-state index is 3.65. The molecule has 0 N–H and O–H groups in total. The Morgan fingerprint density at radius 2 is 1.57 bits per heavy atom. The van der Waals surface area contributed by atoms with Crippen molar-refractivity contribution in [3.05, 3.63) is 32.2 Å². The van der Waals surface area contributed by atoms with Gasteiger partial charge in [0.2, 0.25) is 0 Å². The van der Waals surface area contributed by atoms with E-state index in [4.69, 9.17) is 0 Å². The highest BCUT2D eigenvalue weighted by molar-refractivity contribution is 9.13. The Bertz CT molecular complexity index is 316. The minimum Gasteiger partial charge on any atom is -0.0625 e. The molecule has 0 spiro atoms. The Hall–Kier alpha value is 0.180. The van der Waals surface area contributed by atoms with Gasteiger partial charge in [-0.2, -0.15) is 0 Å². The second-order valence-corrected chi connectivity index (χ2v) is 5.55. The molecule has 0 amide bonds. The average Bonchev–Trinajstić information content (AvgIpc) is 2.13. The molecule has 0 radical (unpaired) electrons. The van der Waals surface area contributed by atoms with Gasteiger partial charge in [0, 0.05) is 8.95 Å². The van der Waals surface area contributed by atoms with E-state index >= 15 is 0 Å². The molecule has 0 unspecified atom stereocenters. The summed E-state index contributed by atoms with van der Waals surface area (Å²) in [7, 11) is 0. The van der Waals surface area contributed by atoms with Crippen LogP contribution in [0.5, 0.6) is 0 Å². The first kappa shape index (κ1) is 12.3. The largest absolute Gasteiger partial charge is 0.0625 e. The summed E-state index contributed by atoms with van der Waals surface area (Å²) in [4.78, 5) is 0. The number of hydrogen-bond acceptors (Lipinski definition) is 0. The van der Waals surface area contributed by atoms with E-state index < -0.39 is 0 Å². The molecule has 0 nitrogen and oxygen atoms in total. The summed E-state index contributed by atoms with van der Waals surface area (Å²) in [6.45, 7) is 6.66. The van der Waals surface area contributed by atoms with Crippen molar-refractivity contribution >= 4 is 31.9 Å². The lowest BCUT2D eigenvalue weighted by Crippen LogP contribution is -1.97. The van der Waals surface area contributed by atoms with Gasteiger partial charge in [0.25, 0.3) is 0 Å². The molecule has 0 atom stereocenters. The standard InChI is InChI=1S/C12H16Br2/c1-4-9-5-6-10(7-8(2)3)12(14)11(9)13/h5-6,8H,4,7H2,1-3H3. The van der Waals surface area contributed by atoms with Crippen molar-refractivity contribution in [2.45, 2.75) is 33.6 Å². The fourth-order valence-electron chi connectivity index (χ4n) is 1.50. The molecule has 0 heterocycles. The summed E-state index contributed by atoms with van der Waals surface area (Å²) in [5.74, 6) is 0.700. The molecule has 0 aromatic heterocycles. The van der Waals surface area contributed by atoms with Gasteiger partial charge in [-0.1, -0.05) is 32.9 Å². The van der Waals surface area contributed by atoms with Crippen molar-refractivity contribution < 1.29 is 0 Å². The third-order valence-corrected chi connectivity index (χ3v) is 4.59. The number of hydrogen-bond donors (Lipinski definition) is 0. The topological polar surface area (TPSA) is 0 Å². The van der Waals surface area contributed by atoms with Crippen molar-refractivity contribution in [1.82, 2.24) is 0 Å². The Morgan fingerprint density at radius 1 is 1.07 bits per heavy atom. The highest BCUT2D eigenvalue weighted by Crippen LogP contribution is 2.31. The van der Waals surface area contributed by atoms with Gasteiger partial charge in [0.05, 0.1) is 0 Å². The Balaban J connectivity index is 3.04. The first-order chi connectivity index (χ1) is 6.56. The predicted octanol–water partition coefficient (Wildman–Crippen LogP) is 4.97. The molecule has 0 bridgehead atoms. The van der Waals surface area contributed by atoms with Crippen LogP contribution in [0.3, 0.4) is 0 Å². The molecule has 14 heavy (non-hydrogen) atoms. The quantitative estimate of drug-likeness (QED) is 0.737. The molecular weight excluding hydrogens is 304 g/mol. The van der Waals surface area contributed by atoms with Crippen molar-refractivity contribution in [3.8, 4) is 0 Å². The third-order valence-electron chi connectivity index (χ3n) is 2.25. The van der Waals surface area contributed by atoms with Gasteiger partial charge in [0.1, 0.15) is 0 Å².